The number of amides is 4. The van der Waals surface area contributed by atoms with E-state index < -0.39 is 36.1 Å². The van der Waals surface area contributed by atoms with Gasteiger partial charge in [0.1, 0.15) is 18.7 Å². The zero-order chi connectivity index (χ0) is 30.2. The summed E-state index contributed by atoms with van der Waals surface area (Å²) in [4.78, 5) is 50.5. The molecule has 0 radical (unpaired) electrons. The van der Waals surface area contributed by atoms with Crippen LogP contribution in [0.1, 0.15) is 42.9 Å². The van der Waals surface area contributed by atoms with Crippen molar-refractivity contribution >= 4 is 24.0 Å². The van der Waals surface area contributed by atoms with Crippen molar-refractivity contribution in [2.24, 2.45) is 5.92 Å². The Bertz CT molecular complexity index is 1380. The summed E-state index contributed by atoms with van der Waals surface area (Å²) in [6.07, 6.45) is -0.407. The molecule has 4 amide bonds. The Hall–Kier alpha value is -4.86. The van der Waals surface area contributed by atoms with E-state index >= 15 is 0 Å². The highest BCUT2D eigenvalue weighted by Gasteiger charge is 2.31. The van der Waals surface area contributed by atoms with Gasteiger partial charge in [-0.15, -0.1) is 0 Å². The lowest BCUT2D eigenvalue weighted by Crippen LogP contribution is -2.57. The number of fused-ring (bicyclic) bond motifs is 3. The van der Waals surface area contributed by atoms with Crippen LogP contribution in [-0.4, -0.2) is 59.9 Å². The van der Waals surface area contributed by atoms with Crippen molar-refractivity contribution in [3.63, 3.8) is 0 Å². The topological polar surface area (TPSA) is 137 Å². The fraction of sp³-hybridized carbons (Fsp3) is 0.312. The van der Waals surface area contributed by atoms with E-state index in [9.17, 15) is 24.3 Å². The van der Waals surface area contributed by atoms with Gasteiger partial charge in [-0.25, -0.2) is 19.8 Å². The first-order chi connectivity index (χ1) is 20.1. The van der Waals surface area contributed by atoms with Crippen LogP contribution >= 0.6 is 0 Å². The molecule has 220 valence electrons. The zero-order valence-corrected chi connectivity index (χ0v) is 23.9. The maximum atomic E-state index is 13.4. The minimum absolute atomic E-state index is 0.0300. The lowest BCUT2D eigenvalue weighted by molar-refractivity contribution is -0.139. The molecule has 0 spiro atoms. The van der Waals surface area contributed by atoms with E-state index in [1.54, 1.807) is 0 Å². The van der Waals surface area contributed by atoms with E-state index in [0.29, 0.717) is 0 Å². The summed E-state index contributed by atoms with van der Waals surface area (Å²) in [5, 5.41) is 15.4. The standard InChI is InChI=1S/C32H36N4O6/c1-20(2)17-28(30(38)39)33-31(40)35-36(3)29(37)27(18-21-11-5-4-6-12-21)34-32(41)42-19-26-24-15-9-7-13-22(24)23-14-8-10-16-25(23)26/h4-16,20,26-28H,17-19H2,1-3H3,(H,34,41)(H,38,39)(H2,33,35,40). The average Bonchev–Trinajstić information content (AvgIpc) is 3.28. The predicted molar refractivity (Wildman–Crippen MR) is 157 cm³/mol. The molecule has 0 bridgehead atoms. The van der Waals surface area contributed by atoms with Crippen LogP contribution in [0.4, 0.5) is 9.59 Å². The van der Waals surface area contributed by atoms with Crippen molar-refractivity contribution in [3.05, 3.63) is 95.6 Å². The van der Waals surface area contributed by atoms with Crippen LogP contribution in [-0.2, 0) is 20.7 Å². The van der Waals surface area contributed by atoms with E-state index in [4.69, 9.17) is 4.74 Å². The molecule has 3 aromatic rings. The fourth-order valence-corrected chi connectivity index (χ4v) is 5.16. The molecule has 3 aromatic carbocycles. The largest absolute Gasteiger partial charge is 0.480 e. The van der Waals surface area contributed by atoms with Crippen LogP contribution in [0.3, 0.4) is 0 Å². The number of urea groups is 1. The van der Waals surface area contributed by atoms with Gasteiger partial charge in [0.05, 0.1) is 0 Å². The summed E-state index contributed by atoms with van der Waals surface area (Å²) < 4.78 is 5.65. The number of rotatable bonds is 10. The molecule has 1 aliphatic carbocycles. The Morgan fingerprint density at radius 3 is 1.98 bits per heavy atom. The number of benzene rings is 3. The molecule has 4 N–H and O–H groups in total. The number of likely N-dealkylation sites (N-methyl/N-ethyl adjacent to an activating group) is 1. The number of ether oxygens (including phenoxy) is 1. The molecule has 10 nitrogen and oxygen atoms in total. The minimum atomic E-state index is -1.17. The van der Waals surface area contributed by atoms with Gasteiger partial charge < -0.3 is 20.5 Å². The van der Waals surface area contributed by atoms with E-state index in [1.165, 1.54) is 7.05 Å². The van der Waals surface area contributed by atoms with Crippen LogP contribution in [0.15, 0.2) is 78.9 Å². The number of carboxylic acids is 1. The summed E-state index contributed by atoms with van der Waals surface area (Å²) in [5.41, 5.74) is 7.47. The monoisotopic (exact) mass is 572 g/mol. The van der Waals surface area contributed by atoms with Gasteiger partial charge in [-0.05, 0) is 40.2 Å². The van der Waals surface area contributed by atoms with Crippen LogP contribution < -0.4 is 16.1 Å². The second-order valence-electron chi connectivity index (χ2n) is 10.7. The SMILES string of the molecule is CC(C)CC(NC(=O)NN(C)C(=O)C(Cc1ccccc1)NC(=O)OCC1c2ccccc2-c2ccccc21)C(=O)O. The highest BCUT2D eigenvalue weighted by atomic mass is 16.5. The average molecular weight is 573 g/mol. The lowest BCUT2D eigenvalue weighted by atomic mass is 9.98. The molecular weight excluding hydrogens is 536 g/mol. The quantitative estimate of drug-likeness (QED) is 0.267. The summed E-state index contributed by atoms with van der Waals surface area (Å²) >= 11 is 0. The van der Waals surface area contributed by atoms with E-state index in [1.807, 2.05) is 92.7 Å². The van der Waals surface area contributed by atoms with Crippen molar-refractivity contribution < 1.29 is 29.0 Å². The molecule has 1 aliphatic rings. The zero-order valence-electron chi connectivity index (χ0n) is 23.9. The van der Waals surface area contributed by atoms with Crippen molar-refractivity contribution in [2.75, 3.05) is 13.7 Å². The van der Waals surface area contributed by atoms with Crippen LogP contribution in [0.2, 0.25) is 0 Å². The van der Waals surface area contributed by atoms with Crippen molar-refractivity contribution in [1.29, 1.82) is 0 Å². The van der Waals surface area contributed by atoms with Gasteiger partial charge in [-0.2, -0.15) is 0 Å². The third-order valence-electron chi connectivity index (χ3n) is 7.13. The molecule has 0 saturated heterocycles. The summed E-state index contributed by atoms with van der Waals surface area (Å²) in [6.45, 7) is 3.76. The molecule has 42 heavy (non-hydrogen) atoms. The number of nitrogens with one attached hydrogen (secondary N) is 3. The third-order valence-corrected chi connectivity index (χ3v) is 7.13. The molecule has 0 heterocycles. The third kappa shape index (κ3) is 7.45. The van der Waals surface area contributed by atoms with Crippen LogP contribution in [0.5, 0.6) is 0 Å². The number of alkyl carbamates (subject to hydrolysis) is 1. The van der Waals surface area contributed by atoms with Gasteiger partial charge in [0.2, 0.25) is 0 Å². The highest BCUT2D eigenvalue weighted by Crippen LogP contribution is 2.44. The Balaban J connectivity index is 1.42. The number of carboxylic acid groups (broad SMARTS) is 1. The molecule has 0 aromatic heterocycles. The molecule has 0 saturated carbocycles. The maximum Gasteiger partial charge on any atom is 0.407 e. The highest BCUT2D eigenvalue weighted by molar-refractivity contribution is 5.89. The summed E-state index contributed by atoms with van der Waals surface area (Å²) in [6, 6.07) is 22.1. The fourth-order valence-electron chi connectivity index (χ4n) is 5.16. The normalized spacial score (nSPS) is 13.3. The van der Waals surface area contributed by atoms with Gasteiger partial charge in [-0.1, -0.05) is 92.7 Å². The Morgan fingerprint density at radius 2 is 1.40 bits per heavy atom. The maximum absolute atomic E-state index is 13.4. The molecular formula is C32H36N4O6. The van der Waals surface area contributed by atoms with E-state index in [-0.39, 0.29) is 31.3 Å². The Kier molecular flexibility index (Phi) is 9.80. The van der Waals surface area contributed by atoms with Gasteiger partial charge >= 0.3 is 18.1 Å². The molecule has 2 atom stereocenters. The van der Waals surface area contributed by atoms with E-state index in [0.717, 1.165) is 32.8 Å². The van der Waals surface area contributed by atoms with Gasteiger partial charge in [0, 0.05) is 19.4 Å². The number of hydrogen-bond donors (Lipinski definition) is 4. The lowest BCUT2D eigenvalue weighted by Gasteiger charge is -2.26. The van der Waals surface area contributed by atoms with Crippen LogP contribution in [0, 0.1) is 5.92 Å². The number of hydrogen-bond acceptors (Lipinski definition) is 5. The van der Waals surface area contributed by atoms with Gasteiger partial charge in [0.15, 0.2) is 0 Å². The van der Waals surface area contributed by atoms with Crippen LogP contribution in [0.25, 0.3) is 11.1 Å². The predicted octanol–water partition coefficient (Wildman–Crippen LogP) is 4.31. The van der Waals surface area contributed by atoms with Crippen molar-refractivity contribution in [2.45, 2.75) is 44.7 Å². The second-order valence-corrected chi connectivity index (χ2v) is 10.7. The first-order valence-electron chi connectivity index (χ1n) is 13.9. The molecule has 0 fully saturated rings. The summed E-state index contributed by atoms with van der Waals surface area (Å²) in [7, 11) is 1.33. The first-order valence-corrected chi connectivity index (χ1v) is 13.9. The van der Waals surface area contributed by atoms with Crippen molar-refractivity contribution in [1.82, 2.24) is 21.1 Å². The van der Waals surface area contributed by atoms with E-state index in [2.05, 4.69) is 16.1 Å². The smallest absolute Gasteiger partial charge is 0.407 e. The Morgan fingerprint density at radius 1 is 0.833 bits per heavy atom. The number of aliphatic carboxylic acids is 1. The van der Waals surface area contributed by atoms with Gasteiger partial charge in [-0.3, -0.25) is 9.80 Å². The van der Waals surface area contributed by atoms with Gasteiger partial charge in [0.25, 0.3) is 5.91 Å². The number of nitrogens with zero attached hydrogens (tertiary/aromatic N) is 1. The number of carbonyl (C=O) groups is 4. The second kappa shape index (κ2) is 13.7. The molecule has 0 aliphatic heterocycles. The molecule has 10 heteroatoms. The van der Waals surface area contributed by atoms with Crippen molar-refractivity contribution in [3.8, 4) is 11.1 Å². The number of hydrazine groups is 1. The number of carbonyl (C=O) groups excluding carboxylic acids is 3. The summed E-state index contributed by atoms with van der Waals surface area (Å²) in [5.74, 6) is -1.90. The molecule has 4 rings (SSSR count). The first kappa shape index (κ1) is 30.1. The molecule has 2 unspecified atom stereocenters. The Labute approximate surface area is 245 Å². The minimum Gasteiger partial charge on any atom is -0.480 e.